The fraction of sp³-hybridized carbons (Fsp3) is 0.565. The van der Waals surface area contributed by atoms with Crippen LogP contribution in [0.3, 0.4) is 0 Å². The molecule has 1 N–H and O–H groups in total. The van der Waals surface area contributed by atoms with Gasteiger partial charge >= 0.3 is 0 Å². The van der Waals surface area contributed by atoms with Crippen molar-refractivity contribution in [3.05, 3.63) is 29.7 Å². The molecular formula is C23H33N7O. The van der Waals surface area contributed by atoms with Crippen LogP contribution in [0.2, 0.25) is 0 Å². The van der Waals surface area contributed by atoms with Gasteiger partial charge in [-0.1, -0.05) is 12.8 Å². The van der Waals surface area contributed by atoms with Gasteiger partial charge in [0, 0.05) is 37.6 Å². The second-order valence-electron chi connectivity index (χ2n) is 8.27. The fourth-order valence-electron chi connectivity index (χ4n) is 4.47. The van der Waals surface area contributed by atoms with E-state index in [0.29, 0.717) is 24.8 Å². The van der Waals surface area contributed by atoms with Crippen molar-refractivity contribution < 1.29 is 4.74 Å². The fourth-order valence-corrected chi connectivity index (χ4v) is 4.47. The molecule has 1 aliphatic carbocycles. The molecule has 0 unspecified atom stereocenters. The quantitative estimate of drug-likeness (QED) is 0.555. The number of pyridine rings is 1. The zero-order valence-corrected chi connectivity index (χ0v) is 19.1. The molecule has 3 aromatic heterocycles. The SMILES string of the molecule is CCOc1cnc(NCc2cc3c(C)nn(C)c3nc2N(CC)CC2CCCC2)nc1. The molecule has 4 rings (SSSR count). The molecule has 0 aliphatic heterocycles. The predicted molar refractivity (Wildman–Crippen MR) is 124 cm³/mol. The number of hydrogen-bond donors (Lipinski definition) is 1. The maximum atomic E-state index is 5.44. The maximum Gasteiger partial charge on any atom is 0.223 e. The lowest BCUT2D eigenvalue weighted by molar-refractivity contribution is 0.337. The monoisotopic (exact) mass is 423 g/mol. The van der Waals surface area contributed by atoms with Crippen LogP contribution in [0, 0.1) is 12.8 Å². The van der Waals surface area contributed by atoms with Crippen LogP contribution in [0.1, 0.15) is 50.8 Å². The topological polar surface area (TPSA) is 81.0 Å². The number of anilines is 2. The van der Waals surface area contributed by atoms with Crippen LogP contribution in [0.4, 0.5) is 11.8 Å². The van der Waals surface area contributed by atoms with E-state index in [4.69, 9.17) is 9.72 Å². The number of fused-ring (bicyclic) bond motifs is 1. The maximum absolute atomic E-state index is 5.44. The largest absolute Gasteiger partial charge is 0.491 e. The Morgan fingerprint density at radius 2 is 1.94 bits per heavy atom. The number of rotatable bonds is 9. The third kappa shape index (κ3) is 4.73. The second kappa shape index (κ2) is 9.49. The number of hydrogen-bond acceptors (Lipinski definition) is 7. The first kappa shape index (κ1) is 21.3. The van der Waals surface area contributed by atoms with Crippen molar-refractivity contribution in [1.82, 2.24) is 24.7 Å². The van der Waals surface area contributed by atoms with Gasteiger partial charge in [-0.15, -0.1) is 0 Å². The molecule has 0 amide bonds. The molecular weight excluding hydrogens is 390 g/mol. The van der Waals surface area contributed by atoms with Gasteiger partial charge in [0.1, 0.15) is 5.82 Å². The third-order valence-corrected chi connectivity index (χ3v) is 6.07. The minimum Gasteiger partial charge on any atom is -0.491 e. The Hall–Kier alpha value is -2.90. The van der Waals surface area contributed by atoms with Crippen LogP contribution >= 0.6 is 0 Å². The standard InChI is InChI=1S/C23H33N7O/c1-5-30(15-17-9-7-8-10-17)21-18(11-20-16(3)28-29(4)22(20)27-21)12-24-23-25-13-19(14-26-23)31-6-2/h11,13-14,17H,5-10,12,15H2,1-4H3,(H,24,25,26). The minimum absolute atomic E-state index is 0.580. The van der Waals surface area contributed by atoms with Crippen molar-refractivity contribution >= 4 is 22.8 Å². The minimum atomic E-state index is 0.580. The molecule has 1 saturated carbocycles. The Morgan fingerprint density at radius 1 is 1.19 bits per heavy atom. The van der Waals surface area contributed by atoms with Gasteiger partial charge in [0.05, 0.1) is 24.7 Å². The second-order valence-corrected chi connectivity index (χ2v) is 8.27. The highest BCUT2D eigenvalue weighted by atomic mass is 16.5. The predicted octanol–water partition coefficient (Wildman–Crippen LogP) is 4.09. The number of nitrogens with one attached hydrogen (secondary N) is 1. The molecule has 8 nitrogen and oxygen atoms in total. The highest BCUT2D eigenvalue weighted by molar-refractivity contribution is 5.81. The Labute approximate surface area is 184 Å². The Balaban J connectivity index is 1.62. The van der Waals surface area contributed by atoms with Crippen LogP contribution in [-0.4, -0.2) is 44.4 Å². The Kier molecular flexibility index (Phi) is 6.53. The Morgan fingerprint density at radius 3 is 2.61 bits per heavy atom. The molecule has 3 heterocycles. The van der Waals surface area contributed by atoms with E-state index >= 15 is 0 Å². The van der Waals surface area contributed by atoms with Crippen molar-refractivity contribution in [3.8, 4) is 5.75 Å². The molecule has 166 valence electrons. The summed E-state index contributed by atoms with van der Waals surface area (Å²) in [7, 11) is 1.96. The first-order chi connectivity index (χ1) is 15.1. The average Bonchev–Trinajstić information content (AvgIpc) is 3.39. The van der Waals surface area contributed by atoms with Gasteiger partial charge in [0.2, 0.25) is 5.95 Å². The van der Waals surface area contributed by atoms with E-state index in [1.54, 1.807) is 12.4 Å². The van der Waals surface area contributed by atoms with Gasteiger partial charge in [-0.05, 0) is 45.6 Å². The van der Waals surface area contributed by atoms with Gasteiger partial charge < -0.3 is 15.0 Å². The van der Waals surface area contributed by atoms with E-state index in [1.807, 2.05) is 25.6 Å². The van der Waals surface area contributed by atoms with E-state index in [-0.39, 0.29) is 0 Å². The zero-order chi connectivity index (χ0) is 21.8. The molecule has 8 heteroatoms. The van der Waals surface area contributed by atoms with Crippen LogP contribution in [0.15, 0.2) is 18.5 Å². The molecule has 0 bridgehead atoms. The molecule has 0 radical (unpaired) electrons. The summed E-state index contributed by atoms with van der Waals surface area (Å²) in [5.41, 5.74) is 3.06. The summed E-state index contributed by atoms with van der Waals surface area (Å²) in [6.07, 6.45) is 8.72. The van der Waals surface area contributed by atoms with E-state index in [0.717, 1.165) is 47.1 Å². The summed E-state index contributed by atoms with van der Waals surface area (Å²) in [4.78, 5) is 16.3. The van der Waals surface area contributed by atoms with Crippen molar-refractivity contribution in [3.63, 3.8) is 0 Å². The Bertz CT molecular complexity index is 1010. The van der Waals surface area contributed by atoms with E-state index < -0.39 is 0 Å². The third-order valence-electron chi connectivity index (χ3n) is 6.07. The number of ether oxygens (including phenoxy) is 1. The van der Waals surface area contributed by atoms with Crippen molar-refractivity contribution in [2.75, 3.05) is 29.9 Å². The molecule has 31 heavy (non-hydrogen) atoms. The van der Waals surface area contributed by atoms with Gasteiger partial charge in [0.25, 0.3) is 0 Å². The summed E-state index contributed by atoms with van der Waals surface area (Å²) in [5, 5.41) is 9.04. The van der Waals surface area contributed by atoms with Gasteiger partial charge in [-0.25, -0.2) is 15.0 Å². The molecule has 1 aliphatic rings. The lowest BCUT2D eigenvalue weighted by Crippen LogP contribution is -2.30. The van der Waals surface area contributed by atoms with Crippen molar-refractivity contribution in [2.45, 2.75) is 53.0 Å². The molecule has 0 aromatic carbocycles. The average molecular weight is 424 g/mol. The van der Waals surface area contributed by atoms with Gasteiger partial charge in [-0.3, -0.25) is 4.68 Å². The zero-order valence-electron chi connectivity index (χ0n) is 19.1. The summed E-state index contributed by atoms with van der Waals surface area (Å²) < 4.78 is 7.32. The van der Waals surface area contributed by atoms with Gasteiger partial charge in [-0.2, -0.15) is 5.10 Å². The van der Waals surface area contributed by atoms with Crippen LogP contribution in [-0.2, 0) is 13.6 Å². The molecule has 3 aromatic rings. The molecule has 0 spiro atoms. The van der Waals surface area contributed by atoms with Crippen molar-refractivity contribution in [1.29, 1.82) is 0 Å². The smallest absolute Gasteiger partial charge is 0.223 e. The van der Waals surface area contributed by atoms with Crippen molar-refractivity contribution in [2.24, 2.45) is 13.0 Å². The summed E-state index contributed by atoms with van der Waals surface area (Å²) >= 11 is 0. The van der Waals surface area contributed by atoms with E-state index in [9.17, 15) is 0 Å². The first-order valence-electron chi connectivity index (χ1n) is 11.4. The molecule has 0 atom stereocenters. The molecule has 1 fully saturated rings. The van der Waals surface area contributed by atoms with E-state index in [2.05, 4.69) is 38.3 Å². The lowest BCUT2D eigenvalue weighted by atomic mass is 10.1. The highest BCUT2D eigenvalue weighted by Gasteiger charge is 2.22. The van der Waals surface area contributed by atoms with Crippen LogP contribution in [0.5, 0.6) is 5.75 Å². The summed E-state index contributed by atoms with van der Waals surface area (Å²) in [6, 6.07) is 2.22. The molecule has 0 saturated heterocycles. The number of aromatic nitrogens is 5. The summed E-state index contributed by atoms with van der Waals surface area (Å²) in [6.45, 7) is 9.37. The first-order valence-corrected chi connectivity index (χ1v) is 11.4. The normalized spacial score (nSPS) is 14.3. The number of nitrogens with zero attached hydrogens (tertiary/aromatic N) is 6. The van der Waals surface area contributed by atoms with Crippen LogP contribution in [0.25, 0.3) is 11.0 Å². The number of aryl methyl sites for hydroxylation is 2. The van der Waals surface area contributed by atoms with E-state index in [1.165, 1.54) is 25.7 Å². The summed E-state index contributed by atoms with van der Waals surface area (Å²) in [5.74, 6) is 3.04. The van der Waals surface area contributed by atoms with Crippen LogP contribution < -0.4 is 15.0 Å². The lowest BCUT2D eigenvalue weighted by Gasteiger charge is -2.27. The highest BCUT2D eigenvalue weighted by Crippen LogP contribution is 2.30. The van der Waals surface area contributed by atoms with Gasteiger partial charge in [0.15, 0.2) is 11.4 Å².